The van der Waals surface area contributed by atoms with Crippen LogP contribution in [0, 0.1) is 18.3 Å². The molecule has 0 radical (unpaired) electrons. The van der Waals surface area contributed by atoms with Gasteiger partial charge in [0.2, 0.25) is 0 Å². The van der Waals surface area contributed by atoms with Gasteiger partial charge in [-0.05, 0) is 36.8 Å². The summed E-state index contributed by atoms with van der Waals surface area (Å²) in [4.78, 5) is 16.0. The first kappa shape index (κ1) is 16.3. The van der Waals surface area contributed by atoms with E-state index in [1.54, 1.807) is 13.0 Å². The van der Waals surface area contributed by atoms with Crippen LogP contribution in [0.5, 0.6) is 5.75 Å². The van der Waals surface area contributed by atoms with Gasteiger partial charge in [0.25, 0.3) is 0 Å². The fraction of sp³-hybridized carbons (Fsp3) is 0.471. The lowest BCUT2D eigenvalue weighted by Crippen LogP contribution is -2.25. The number of nitrogens with one attached hydrogen (secondary N) is 1. The number of pyridine rings is 1. The Balaban J connectivity index is 1.60. The van der Waals surface area contributed by atoms with Gasteiger partial charge in [0.15, 0.2) is 5.76 Å². The Kier molecular flexibility index (Phi) is 4.17. The van der Waals surface area contributed by atoms with Crippen molar-refractivity contribution in [2.75, 3.05) is 6.61 Å². The van der Waals surface area contributed by atoms with Crippen LogP contribution in [-0.4, -0.2) is 27.9 Å². The molecule has 3 rings (SSSR count). The van der Waals surface area contributed by atoms with Crippen molar-refractivity contribution in [3.63, 3.8) is 0 Å². The first-order valence-corrected chi connectivity index (χ1v) is 7.88. The molecule has 0 bridgehead atoms. The second kappa shape index (κ2) is 6.14. The molecule has 2 heterocycles. The van der Waals surface area contributed by atoms with Crippen LogP contribution in [0.4, 0.5) is 4.79 Å². The van der Waals surface area contributed by atoms with Crippen LogP contribution in [0.2, 0.25) is 0 Å². The molecule has 24 heavy (non-hydrogen) atoms. The second-order valence-corrected chi connectivity index (χ2v) is 6.82. The zero-order valence-electron chi connectivity index (χ0n) is 14.0. The summed E-state index contributed by atoms with van der Waals surface area (Å²) in [5.74, 6) is 0.981. The molecular weight excluding hydrogens is 310 g/mol. The predicted octanol–water partition coefficient (Wildman–Crippen LogP) is 3.02. The maximum Gasteiger partial charge on any atom is 0.407 e. The molecule has 1 saturated carbocycles. The number of ether oxygens (including phenoxy) is 1. The highest BCUT2D eigenvalue weighted by Gasteiger charge is 2.46. The van der Waals surface area contributed by atoms with Gasteiger partial charge in [-0.25, -0.2) is 9.78 Å². The van der Waals surface area contributed by atoms with Gasteiger partial charge in [-0.2, -0.15) is 0 Å². The van der Waals surface area contributed by atoms with E-state index in [2.05, 4.69) is 29.3 Å². The molecule has 1 atom stereocenters. The zero-order valence-corrected chi connectivity index (χ0v) is 14.0. The van der Waals surface area contributed by atoms with E-state index in [-0.39, 0.29) is 17.7 Å². The number of alkyl carbamates (subject to hydrolysis) is 1. The number of hydrogen-bond donors (Lipinski definition) is 2. The van der Waals surface area contributed by atoms with Gasteiger partial charge >= 0.3 is 6.09 Å². The van der Waals surface area contributed by atoms with Crippen molar-refractivity contribution in [3.05, 3.63) is 29.6 Å². The fourth-order valence-electron chi connectivity index (χ4n) is 2.57. The molecule has 1 fully saturated rings. The third-order valence-corrected chi connectivity index (χ3v) is 4.51. The summed E-state index contributed by atoms with van der Waals surface area (Å²) < 4.78 is 10.6. The minimum atomic E-state index is -0.456. The summed E-state index contributed by atoms with van der Waals surface area (Å²) in [6, 6.07) is 3.15. The number of carbonyl (C=O) groups is 1. The standard InChI is InChI=1S/C17H21N3O4/c1-10-13(8-19-16(22)23-9-11-6-17(11,2)3)15(24-20-10)14-5-4-12(21)7-18-14/h4-5,7,11,21H,6,8-9H2,1-3H3,(H,19,22). The van der Waals surface area contributed by atoms with E-state index in [0.717, 1.165) is 12.0 Å². The van der Waals surface area contributed by atoms with Gasteiger partial charge in [0, 0.05) is 5.56 Å². The normalized spacial score (nSPS) is 18.2. The van der Waals surface area contributed by atoms with Crippen molar-refractivity contribution in [2.24, 2.45) is 11.3 Å². The molecule has 1 amide bonds. The average molecular weight is 331 g/mol. The zero-order chi connectivity index (χ0) is 17.3. The molecule has 0 saturated heterocycles. The molecule has 1 aliphatic rings. The van der Waals surface area contributed by atoms with Crippen LogP contribution in [0.25, 0.3) is 11.5 Å². The molecule has 0 aromatic carbocycles. The van der Waals surface area contributed by atoms with E-state index in [4.69, 9.17) is 9.26 Å². The Morgan fingerprint density at radius 3 is 2.88 bits per heavy atom. The molecule has 1 unspecified atom stereocenters. The minimum absolute atomic E-state index is 0.0706. The van der Waals surface area contributed by atoms with E-state index < -0.39 is 6.09 Å². The van der Waals surface area contributed by atoms with Crippen molar-refractivity contribution in [2.45, 2.75) is 33.7 Å². The van der Waals surface area contributed by atoms with Gasteiger partial charge in [0.05, 0.1) is 25.0 Å². The van der Waals surface area contributed by atoms with Gasteiger partial charge in [0.1, 0.15) is 11.4 Å². The quantitative estimate of drug-likeness (QED) is 0.874. The highest BCUT2D eigenvalue weighted by molar-refractivity contribution is 5.68. The number of rotatable bonds is 5. The summed E-state index contributed by atoms with van der Waals surface area (Å²) >= 11 is 0. The lowest BCUT2D eigenvalue weighted by Gasteiger charge is -2.08. The van der Waals surface area contributed by atoms with Crippen molar-refractivity contribution >= 4 is 6.09 Å². The van der Waals surface area contributed by atoms with Crippen LogP contribution >= 0.6 is 0 Å². The van der Waals surface area contributed by atoms with Gasteiger partial charge in [-0.3, -0.25) is 0 Å². The third kappa shape index (κ3) is 3.50. The molecular formula is C17H21N3O4. The molecule has 7 heteroatoms. The summed E-state index contributed by atoms with van der Waals surface area (Å²) in [5, 5.41) is 16.0. The van der Waals surface area contributed by atoms with Gasteiger partial charge in [-0.15, -0.1) is 0 Å². The summed E-state index contributed by atoms with van der Waals surface area (Å²) in [6.07, 6.45) is 1.96. The average Bonchev–Trinajstić information content (AvgIpc) is 2.98. The maximum absolute atomic E-state index is 11.9. The molecule has 2 aromatic heterocycles. The van der Waals surface area contributed by atoms with Crippen molar-refractivity contribution in [1.29, 1.82) is 0 Å². The second-order valence-electron chi connectivity index (χ2n) is 6.82. The first-order valence-electron chi connectivity index (χ1n) is 7.88. The van der Waals surface area contributed by atoms with Gasteiger partial charge in [-0.1, -0.05) is 19.0 Å². The number of nitrogens with zero attached hydrogens (tertiary/aromatic N) is 2. The lowest BCUT2D eigenvalue weighted by atomic mass is 10.1. The molecule has 128 valence electrons. The van der Waals surface area contributed by atoms with Crippen LogP contribution in [0.15, 0.2) is 22.9 Å². The molecule has 2 N–H and O–H groups in total. The van der Waals surface area contributed by atoms with Crippen LogP contribution in [0.3, 0.4) is 0 Å². The molecule has 7 nitrogen and oxygen atoms in total. The lowest BCUT2D eigenvalue weighted by molar-refractivity contribution is 0.136. The number of hydrogen-bond acceptors (Lipinski definition) is 6. The Morgan fingerprint density at radius 1 is 1.50 bits per heavy atom. The van der Waals surface area contributed by atoms with Crippen molar-refractivity contribution in [1.82, 2.24) is 15.5 Å². The summed E-state index contributed by atoms with van der Waals surface area (Å²) in [7, 11) is 0. The third-order valence-electron chi connectivity index (χ3n) is 4.51. The monoisotopic (exact) mass is 331 g/mol. The van der Waals surface area contributed by atoms with E-state index in [1.165, 1.54) is 12.3 Å². The highest BCUT2D eigenvalue weighted by atomic mass is 16.5. The highest BCUT2D eigenvalue weighted by Crippen LogP contribution is 2.51. The smallest absolute Gasteiger partial charge is 0.407 e. The van der Waals surface area contributed by atoms with E-state index in [9.17, 15) is 9.90 Å². The van der Waals surface area contributed by atoms with Crippen LogP contribution in [0.1, 0.15) is 31.5 Å². The summed E-state index contributed by atoms with van der Waals surface area (Å²) in [5.41, 5.74) is 2.22. The van der Waals surface area contributed by atoms with E-state index >= 15 is 0 Å². The predicted molar refractivity (Wildman–Crippen MR) is 86.2 cm³/mol. The molecule has 0 aliphatic heterocycles. The van der Waals surface area contributed by atoms with Crippen LogP contribution < -0.4 is 5.32 Å². The SMILES string of the molecule is Cc1noc(-c2ccc(O)cn2)c1CNC(=O)OCC1CC1(C)C. The Labute approximate surface area is 140 Å². The number of aromatic hydroxyl groups is 1. The maximum atomic E-state index is 11.9. The fourth-order valence-corrected chi connectivity index (χ4v) is 2.57. The Morgan fingerprint density at radius 2 is 2.25 bits per heavy atom. The minimum Gasteiger partial charge on any atom is -0.506 e. The number of carbonyl (C=O) groups excluding carboxylic acids is 1. The summed E-state index contributed by atoms with van der Waals surface area (Å²) in [6.45, 7) is 6.79. The number of aryl methyl sites for hydroxylation is 1. The van der Waals surface area contributed by atoms with E-state index in [1.807, 2.05) is 0 Å². The van der Waals surface area contributed by atoms with Gasteiger partial charge < -0.3 is 19.7 Å². The topological polar surface area (TPSA) is 97.5 Å². The molecule has 2 aromatic rings. The van der Waals surface area contributed by atoms with Crippen molar-refractivity contribution in [3.8, 4) is 17.2 Å². The van der Waals surface area contributed by atoms with E-state index in [0.29, 0.717) is 29.7 Å². The first-order chi connectivity index (χ1) is 11.4. The largest absolute Gasteiger partial charge is 0.506 e. The number of amides is 1. The number of aromatic nitrogens is 2. The molecule has 0 spiro atoms. The van der Waals surface area contributed by atoms with Crippen LogP contribution in [-0.2, 0) is 11.3 Å². The molecule has 1 aliphatic carbocycles. The Bertz CT molecular complexity index is 737. The van der Waals surface area contributed by atoms with Crippen molar-refractivity contribution < 1.29 is 19.2 Å². The Hall–Kier alpha value is -2.57.